The van der Waals surface area contributed by atoms with Gasteiger partial charge in [-0.1, -0.05) is 19.1 Å². The van der Waals surface area contributed by atoms with Gasteiger partial charge in [-0.25, -0.2) is 0 Å². The Bertz CT molecular complexity index is 1540. The molecule has 4 heterocycles. The third kappa shape index (κ3) is 5.01. The highest BCUT2D eigenvalue weighted by atomic mass is 32.1. The number of amides is 2. The van der Waals surface area contributed by atoms with Gasteiger partial charge in [0.05, 0.1) is 28.5 Å². The van der Waals surface area contributed by atoms with Crippen molar-refractivity contribution in [2.24, 2.45) is 7.05 Å². The van der Waals surface area contributed by atoms with Gasteiger partial charge in [0.2, 0.25) is 0 Å². The monoisotopic (exact) mass is 496 g/mol. The lowest BCUT2D eigenvalue weighted by Crippen LogP contribution is -2.28. The van der Waals surface area contributed by atoms with E-state index in [1.54, 1.807) is 48.8 Å². The topological polar surface area (TPSA) is 102 Å². The summed E-state index contributed by atoms with van der Waals surface area (Å²) in [6.07, 6.45) is 9.32. The van der Waals surface area contributed by atoms with Crippen molar-refractivity contribution >= 4 is 39.6 Å². The molecule has 0 aliphatic rings. The average Bonchev–Trinajstić information content (AvgIpc) is 3.56. The van der Waals surface area contributed by atoms with Crippen LogP contribution in [0.5, 0.6) is 0 Å². The van der Waals surface area contributed by atoms with E-state index >= 15 is 0 Å². The molecule has 36 heavy (non-hydrogen) atoms. The predicted molar refractivity (Wildman–Crippen MR) is 141 cm³/mol. The fraction of sp³-hybridized carbons (Fsp3) is 0.148. The molecule has 4 aromatic heterocycles. The molecule has 1 unspecified atom stereocenters. The highest BCUT2D eigenvalue weighted by Crippen LogP contribution is 2.27. The van der Waals surface area contributed by atoms with Crippen LogP contribution < -0.4 is 10.6 Å². The number of aryl methyl sites for hydroxylation is 1. The number of hydrogen-bond acceptors (Lipinski definition) is 6. The van der Waals surface area contributed by atoms with Crippen LogP contribution in [0.2, 0.25) is 0 Å². The first kappa shape index (κ1) is 23.4. The van der Waals surface area contributed by atoms with Gasteiger partial charge in [-0.15, -0.1) is 11.3 Å². The number of benzene rings is 1. The van der Waals surface area contributed by atoms with Gasteiger partial charge in [-0.3, -0.25) is 24.2 Å². The molecule has 8 nitrogen and oxygen atoms in total. The summed E-state index contributed by atoms with van der Waals surface area (Å²) < 4.78 is 1.63. The van der Waals surface area contributed by atoms with E-state index in [1.807, 2.05) is 48.7 Å². The Balaban J connectivity index is 1.27. The predicted octanol–water partition coefficient (Wildman–Crippen LogP) is 5.23. The number of pyridine rings is 2. The fourth-order valence-corrected chi connectivity index (χ4v) is 4.73. The normalized spacial score (nSPS) is 11.8. The van der Waals surface area contributed by atoms with Crippen molar-refractivity contribution < 1.29 is 9.59 Å². The van der Waals surface area contributed by atoms with Crippen LogP contribution in [-0.4, -0.2) is 31.6 Å². The van der Waals surface area contributed by atoms with Crippen molar-refractivity contribution in [2.45, 2.75) is 19.4 Å². The van der Waals surface area contributed by atoms with E-state index in [9.17, 15) is 9.59 Å². The second-order valence-electron chi connectivity index (χ2n) is 8.40. The largest absolute Gasteiger partial charge is 0.344 e. The molecule has 0 saturated carbocycles. The highest BCUT2D eigenvalue weighted by molar-refractivity contribution is 7.12. The van der Waals surface area contributed by atoms with Gasteiger partial charge in [0, 0.05) is 48.3 Å². The molecule has 5 rings (SSSR count). The molecule has 0 aliphatic carbocycles. The summed E-state index contributed by atoms with van der Waals surface area (Å²) >= 11 is 1.37. The van der Waals surface area contributed by atoms with E-state index in [0.717, 1.165) is 27.6 Å². The van der Waals surface area contributed by atoms with Crippen LogP contribution in [0.1, 0.15) is 45.1 Å². The van der Waals surface area contributed by atoms with Crippen molar-refractivity contribution in [2.75, 3.05) is 5.32 Å². The molecule has 0 aliphatic heterocycles. The molecule has 1 atom stereocenters. The molecule has 9 heteroatoms. The number of nitrogens with zero attached hydrogens (tertiary/aromatic N) is 4. The molecule has 0 bridgehead atoms. The number of carbonyl (C=O) groups is 2. The summed E-state index contributed by atoms with van der Waals surface area (Å²) in [7, 11) is 1.80. The average molecular weight is 497 g/mol. The van der Waals surface area contributed by atoms with Crippen molar-refractivity contribution in [1.82, 2.24) is 25.1 Å². The summed E-state index contributed by atoms with van der Waals surface area (Å²) in [5, 5.41) is 13.9. The quantitative estimate of drug-likeness (QED) is 0.321. The van der Waals surface area contributed by atoms with Gasteiger partial charge in [0.1, 0.15) is 0 Å². The Labute approximate surface area is 212 Å². The molecule has 0 radical (unpaired) electrons. The van der Waals surface area contributed by atoms with Crippen LogP contribution in [0.4, 0.5) is 5.69 Å². The molecule has 1 aromatic carbocycles. The molecular formula is C27H24N6O2S. The van der Waals surface area contributed by atoms with Crippen LogP contribution in [0.25, 0.3) is 21.9 Å². The van der Waals surface area contributed by atoms with Crippen molar-refractivity contribution in [1.29, 1.82) is 0 Å². The molecule has 5 aromatic rings. The number of rotatable bonds is 7. The van der Waals surface area contributed by atoms with Crippen LogP contribution in [0.3, 0.4) is 0 Å². The number of carbonyl (C=O) groups excluding carboxylic acids is 2. The minimum Gasteiger partial charge on any atom is -0.344 e. The molecule has 0 spiro atoms. The molecule has 0 fully saturated rings. The van der Waals surface area contributed by atoms with Gasteiger partial charge in [0.15, 0.2) is 0 Å². The lowest BCUT2D eigenvalue weighted by Gasteiger charge is -2.17. The van der Waals surface area contributed by atoms with E-state index in [2.05, 4.69) is 25.7 Å². The maximum atomic E-state index is 12.9. The maximum absolute atomic E-state index is 12.9. The first-order valence-electron chi connectivity index (χ1n) is 11.5. The Kier molecular flexibility index (Phi) is 6.55. The summed E-state index contributed by atoms with van der Waals surface area (Å²) in [6, 6.07) is 13.0. The van der Waals surface area contributed by atoms with E-state index < -0.39 is 0 Å². The summed E-state index contributed by atoms with van der Waals surface area (Å²) in [4.78, 5) is 34.8. The van der Waals surface area contributed by atoms with Gasteiger partial charge < -0.3 is 10.6 Å². The zero-order valence-electron chi connectivity index (χ0n) is 19.8. The van der Waals surface area contributed by atoms with Gasteiger partial charge in [-0.05, 0) is 53.1 Å². The third-order valence-corrected chi connectivity index (χ3v) is 6.81. The van der Waals surface area contributed by atoms with E-state index in [1.165, 1.54) is 11.3 Å². The lowest BCUT2D eigenvalue weighted by molar-refractivity contribution is 0.0934. The third-order valence-electron chi connectivity index (χ3n) is 5.88. The standard InChI is InChI=1S/C27H24N6O2S/c1-3-23(32-26(34)18-4-5-19-12-28-9-8-17(19)10-18)24-7-6-20(13-29-24)21-11-25(36-16-21)27(35)31-22-14-30-33(2)15-22/h4-16,23H,3H2,1-2H3,(H,31,35)(H,32,34). The molecule has 180 valence electrons. The van der Waals surface area contributed by atoms with Crippen LogP contribution in [-0.2, 0) is 7.05 Å². The smallest absolute Gasteiger partial charge is 0.265 e. The van der Waals surface area contributed by atoms with Crippen molar-refractivity contribution in [3.8, 4) is 11.1 Å². The van der Waals surface area contributed by atoms with E-state index in [0.29, 0.717) is 22.5 Å². The van der Waals surface area contributed by atoms with E-state index in [4.69, 9.17) is 0 Å². The number of fused-ring (bicyclic) bond motifs is 1. The second-order valence-corrected chi connectivity index (χ2v) is 9.31. The van der Waals surface area contributed by atoms with E-state index in [-0.39, 0.29) is 17.9 Å². The van der Waals surface area contributed by atoms with Gasteiger partial charge in [-0.2, -0.15) is 5.10 Å². The summed E-state index contributed by atoms with van der Waals surface area (Å²) in [5.74, 6) is -0.323. The first-order valence-corrected chi connectivity index (χ1v) is 12.4. The van der Waals surface area contributed by atoms with Gasteiger partial charge >= 0.3 is 0 Å². The molecule has 0 saturated heterocycles. The molecular weight excluding hydrogens is 472 g/mol. The van der Waals surface area contributed by atoms with Crippen LogP contribution >= 0.6 is 11.3 Å². The van der Waals surface area contributed by atoms with Crippen LogP contribution in [0, 0.1) is 0 Å². The highest BCUT2D eigenvalue weighted by Gasteiger charge is 2.17. The lowest BCUT2D eigenvalue weighted by atomic mass is 10.1. The minimum atomic E-state index is -0.219. The minimum absolute atomic E-state index is 0.145. The van der Waals surface area contributed by atoms with Crippen LogP contribution in [0.15, 0.2) is 78.8 Å². The van der Waals surface area contributed by atoms with Crippen molar-refractivity contribution in [3.63, 3.8) is 0 Å². The molecule has 2 N–H and O–H groups in total. The first-order chi connectivity index (χ1) is 17.5. The number of anilines is 1. The SMILES string of the molecule is CCC(NC(=O)c1ccc2cnccc2c1)c1ccc(-c2csc(C(=O)Nc3cnn(C)c3)c2)cn1. The zero-order valence-corrected chi connectivity index (χ0v) is 20.6. The Hall–Kier alpha value is -4.37. The number of hydrogen-bond donors (Lipinski definition) is 2. The number of thiophene rings is 1. The Morgan fingerprint density at radius 1 is 1.00 bits per heavy atom. The maximum Gasteiger partial charge on any atom is 0.265 e. The fourth-order valence-electron chi connectivity index (χ4n) is 3.92. The second kappa shape index (κ2) is 10.1. The number of nitrogens with one attached hydrogen (secondary N) is 2. The number of aromatic nitrogens is 4. The Morgan fingerprint density at radius 2 is 1.89 bits per heavy atom. The van der Waals surface area contributed by atoms with Crippen molar-refractivity contribution in [3.05, 3.63) is 95.0 Å². The Morgan fingerprint density at radius 3 is 2.64 bits per heavy atom. The zero-order chi connectivity index (χ0) is 25.1. The summed E-state index contributed by atoms with van der Waals surface area (Å²) in [5.41, 5.74) is 3.85. The summed E-state index contributed by atoms with van der Waals surface area (Å²) in [6.45, 7) is 2.01. The van der Waals surface area contributed by atoms with Gasteiger partial charge in [0.25, 0.3) is 11.8 Å². The molecule has 2 amide bonds.